The van der Waals surface area contributed by atoms with Gasteiger partial charge in [0, 0.05) is 61.3 Å². The summed E-state index contributed by atoms with van der Waals surface area (Å²) in [6, 6.07) is 20.9. The molecule has 54 heavy (non-hydrogen) atoms. The maximum Gasteiger partial charge on any atom is 0.321 e. The zero-order chi connectivity index (χ0) is 38.7. The van der Waals surface area contributed by atoms with E-state index in [1.54, 1.807) is 36.4 Å². The Labute approximate surface area is 321 Å². The Bertz CT molecular complexity index is 2040. The quantitative estimate of drug-likeness (QED) is 0.119. The summed E-state index contributed by atoms with van der Waals surface area (Å²) in [4.78, 5) is 50.4. The number of rotatable bonds is 16. The molecule has 1 aliphatic heterocycles. The van der Waals surface area contributed by atoms with Gasteiger partial charge in [-0.3, -0.25) is 14.5 Å². The predicted octanol–water partition coefficient (Wildman–Crippen LogP) is 5.72. The first-order valence-electron chi connectivity index (χ1n) is 17.9. The average molecular weight is 774 g/mol. The number of urea groups is 1. The van der Waals surface area contributed by atoms with E-state index in [-0.39, 0.29) is 42.8 Å². The fourth-order valence-electron chi connectivity index (χ4n) is 6.54. The van der Waals surface area contributed by atoms with Crippen molar-refractivity contribution in [2.24, 2.45) is 11.1 Å². The molecule has 15 heteroatoms. The lowest BCUT2D eigenvalue weighted by molar-refractivity contribution is -0.123. The maximum absolute atomic E-state index is 14.2. The highest BCUT2D eigenvalue weighted by atomic mass is 32.2. The molecular formula is C39H47N7O6S2. The number of carbonyl (C=O) groups excluding carboxylic acids is 3. The number of aromatic nitrogens is 2. The van der Waals surface area contributed by atoms with Crippen LogP contribution in [-0.2, 0) is 21.2 Å². The highest BCUT2D eigenvalue weighted by Gasteiger charge is 2.42. The topological polar surface area (TPSA) is 177 Å². The molecule has 0 bridgehead atoms. The molecule has 0 fully saturated rings. The van der Waals surface area contributed by atoms with Crippen molar-refractivity contribution in [1.29, 1.82) is 0 Å². The van der Waals surface area contributed by atoms with Crippen LogP contribution < -0.4 is 30.9 Å². The molecule has 2 heterocycles. The smallest absolute Gasteiger partial charge is 0.321 e. The number of hydrogen-bond donors (Lipinski definition) is 3. The Hall–Kier alpha value is -5.15. The molecule has 1 atom stereocenters. The number of hydrogen-bond acceptors (Lipinski definition) is 10. The van der Waals surface area contributed by atoms with Crippen LogP contribution in [0.4, 0.5) is 22.1 Å². The minimum atomic E-state index is -3.75. The van der Waals surface area contributed by atoms with Crippen LogP contribution in [0, 0.1) is 5.41 Å². The van der Waals surface area contributed by atoms with Crippen molar-refractivity contribution >= 4 is 56.8 Å². The van der Waals surface area contributed by atoms with Gasteiger partial charge in [-0.25, -0.2) is 23.2 Å². The minimum Gasteiger partial charge on any atom is -0.483 e. The van der Waals surface area contributed by atoms with Crippen LogP contribution in [0.25, 0.3) is 0 Å². The number of fused-ring (bicyclic) bond motifs is 1. The second-order valence-electron chi connectivity index (χ2n) is 13.1. The molecule has 13 nitrogen and oxygen atoms in total. The first-order valence-corrected chi connectivity index (χ1v) is 20.8. The van der Waals surface area contributed by atoms with Crippen LogP contribution >= 0.6 is 11.8 Å². The number of anilines is 3. The van der Waals surface area contributed by atoms with Gasteiger partial charge in [0.15, 0.2) is 16.4 Å². The van der Waals surface area contributed by atoms with Gasteiger partial charge in [0.1, 0.15) is 5.75 Å². The number of benzene rings is 3. The van der Waals surface area contributed by atoms with Gasteiger partial charge in [-0.15, -0.1) is 11.8 Å². The van der Waals surface area contributed by atoms with Gasteiger partial charge in [-0.1, -0.05) is 63.1 Å². The van der Waals surface area contributed by atoms with Crippen molar-refractivity contribution in [3.63, 3.8) is 0 Å². The van der Waals surface area contributed by atoms with E-state index >= 15 is 0 Å². The highest BCUT2D eigenvalue weighted by Crippen LogP contribution is 2.47. The molecule has 1 aromatic heterocycles. The van der Waals surface area contributed by atoms with Gasteiger partial charge in [0.05, 0.1) is 21.2 Å². The summed E-state index contributed by atoms with van der Waals surface area (Å²) in [5, 5.41) is 5.58. The molecule has 0 spiro atoms. The molecule has 1 aliphatic rings. The normalized spacial score (nSPS) is 16.1. The monoisotopic (exact) mass is 773 g/mol. The Morgan fingerprint density at radius 1 is 1.00 bits per heavy atom. The van der Waals surface area contributed by atoms with Crippen molar-refractivity contribution < 1.29 is 27.5 Å². The van der Waals surface area contributed by atoms with Crippen molar-refractivity contribution in [2.75, 3.05) is 48.0 Å². The van der Waals surface area contributed by atoms with Crippen molar-refractivity contribution in [1.82, 2.24) is 20.6 Å². The molecule has 3 aromatic carbocycles. The fraction of sp³-hybridized carbons (Fsp3) is 0.359. The van der Waals surface area contributed by atoms with E-state index in [1.165, 1.54) is 24.2 Å². The molecule has 0 aliphatic carbocycles. The van der Waals surface area contributed by atoms with Gasteiger partial charge in [0.2, 0.25) is 5.95 Å². The summed E-state index contributed by atoms with van der Waals surface area (Å²) in [7, 11) is -3.75. The van der Waals surface area contributed by atoms with Gasteiger partial charge >= 0.3 is 6.03 Å². The SMILES string of the molecule is CCCCC1(CC)CN(c2ccccc2)c2cc(SC)c(OCC(=O)NCc3ccccc3C(=O)NCCN(C(N)=O)c3ncccn3)cc2S(=O)(=O)C1. The average Bonchev–Trinajstić information content (AvgIpc) is 3.28. The standard InChI is InChI=1S/C39H47N7O6S2/c1-4-6-17-39(5-2)26-46(29-14-8-7-9-15-29)31-22-33(53-3)32(23-34(31)54(50,51)27-39)52-25-35(47)44-24-28-13-10-11-16-30(28)36(48)41-20-21-45(37(40)49)38-42-18-12-19-43-38/h7-16,18-19,22-23H,4-6,17,20-21,24-27H2,1-3H3,(H2,40,49)(H,41,48)(H,44,47). The Kier molecular flexibility index (Phi) is 13.5. The zero-order valence-electron chi connectivity index (χ0n) is 30.8. The third kappa shape index (κ3) is 9.68. The molecule has 286 valence electrons. The Morgan fingerprint density at radius 3 is 2.41 bits per heavy atom. The van der Waals surface area contributed by atoms with Crippen molar-refractivity contribution in [2.45, 2.75) is 55.9 Å². The molecule has 4 aromatic rings. The van der Waals surface area contributed by atoms with Gasteiger partial charge < -0.3 is 26.0 Å². The minimum absolute atomic E-state index is 0.0171. The number of unbranched alkanes of at least 4 members (excludes halogenated alkanes) is 1. The van der Waals surface area contributed by atoms with Crippen LogP contribution in [0.5, 0.6) is 5.75 Å². The highest BCUT2D eigenvalue weighted by molar-refractivity contribution is 7.98. The number of nitrogens with one attached hydrogen (secondary N) is 2. The number of carbonyl (C=O) groups is 3. The van der Waals surface area contributed by atoms with Crippen LogP contribution in [-0.4, -0.2) is 74.5 Å². The van der Waals surface area contributed by atoms with Gasteiger partial charge in [0.25, 0.3) is 11.8 Å². The third-order valence-electron chi connectivity index (χ3n) is 9.52. The number of sulfone groups is 1. The van der Waals surface area contributed by atoms with E-state index in [9.17, 15) is 22.8 Å². The lowest BCUT2D eigenvalue weighted by Crippen LogP contribution is -2.42. The fourth-order valence-corrected chi connectivity index (χ4v) is 9.27. The third-order valence-corrected chi connectivity index (χ3v) is 12.3. The first-order chi connectivity index (χ1) is 26.0. The van der Waals surface area contributed by atoms with Crippen LogP contribution in [0.1, 0.15) is 55.5 Å². The van der Waals surface area contributed by atoms with E-state index in [4.69, 9.17) is 10.5 Å². The van der Waals surface area contributed by atoms with Gasteiger partial charge in [-0.2, -0.15) is 0 Å². The zero-order valence-corrected chi connectivity index (χ0v) is 32.4. The summed E-state index contributed by atoms with van der Waals surface area (Å²) in [6.45, 7) is 4.53. The molecule has 5 rings (SSSR count). The number of amides is 4. The van der Waals surface area contributed by atoms with Crippen molar-refractivity contribution in [3.8, 4) is 5.75 Å². The molecule has 4 amide bonds. The number of ether oxygens (including phenoxy) is 1. The lowest BCUT2D eigenvalue weighted by Gasteiger charge is -2.36. The number of thioether (sulfide) groups is 1. The summed E-state index contributed by atoms with van der Waals surface area (Å²) in [6.07, 6.45) is 8.25. The maximum atomic E-state index is 14.2. The summed E-state index contributed by atoms with van der Waals surface area (Å²) >= 11 is 1.41. The van der Waals surface area contributed by atoms with E-state index in [1.807, 2.05) is 42.7 Å². The first kappa shape index (κ1) is 40.0. The van der Waals surface area contributed by atoms with E-state index in [0.717, 1.165) is 29.8 Å². The van der Waals surface area contributed by atoms with E-state index < -0.39 is 33.1 Å². The van der Waals surface area contributed by atoms with E-state index in [2.05, 4.69) is 39.3 Å². The molecule has 0 saturated carbocycles. The van der Waals surface area contributed by atoms with Crippen molar-refractivity contribution in [3.05, 3.63) is 96.3 Å². The Balaban J connectivity index is 1.28. The molecule has 4 N–H and O–H groups in total. The summed E-state index contributed by atoms with van der Waals surface area (Å²) < 4.78 is 34.4. The number of para-hydroxylation sites is 1. The second-order valence-corrected chi connectivity index (χ2v) is 15.9. The van der Waals surface area contributed by atoms with Crippen LogP contribution in [0.2, 0.25) is 0 Å². The number of nitrogens with two attached hydrogens (primary N) is 1. The summed E-state index contributed by atoms with van der Waals surface area (Å²) in [5.74, 6) is -0.418. The molecule has 1 unspecified atom stereocenters. The second kappa shape index (κ2) is 18.3. The van der Waals surface area contributed by atoms with Crippen LogP contribution in [0.15, 0.2) is 95.0 Å². The van der Waals surface area contributed by atoms with Gasteiger partial charge in [-0.05, 0) is 55.0 Å². The Morgan fingerprint density at radius 2 is 1.72 bits per heavy atom. The molecule has 0 radical (unpaired) electrons. The summed E-state index contributed by atoms with van der Waals surface area (Å²) in [5.41, 5.74) is 7.45. The molecule has 0 saturated heterocycles. The van der Waals surface area contributed by atoms with Crippen LogP contribution in [0.3, 0.4) is 0 Å². The number of primary amides is 1. The largest absolute Gasteiger partial charge is 0.483 e. The lowest BCUT2D eigenvalue weighted by atomic mass is 9.81. The molecular weight excluding hydrogens is 727 g/mol. The number of nitrogens with zero attached hydrogens (tertiary/aromatic N) is 4. The van der Waals surface area contributed by atoms with E-state index in [0.29, 0.717) is 40.4 Å². The predicted molar refractivity (Wildman–Crippen MR) is 211 cm³/mol.